The summed E-state index contributed by atoms with van der Waals surface area (Å²) in [6, 6.07) is 8.38. The summed E-state index contributed by atoms with van der Waals surface area (Å²) in [7, 11) is 0. The number of hydrogen-bond acceptors (Lipinski definition) is 5. The number of carbonyl (C=O) groups excluding carboxylic acids is 1. The highest BCUT2D eigenvalue weighted by atomic mass is 32.1. The van der Waals surface area contributed by atoms with Crippen LogP contribution in [0.2, 0.25) is 0 Å². The van der Waals surface area contributed by atoms with Crippen molar-refractivity contribution in [3.05, 3.63) is 56.4 Å². The van der Waals surface area contributed by atoms with Gasteiger partial charge in [-0.05, 0) is 68.7 Å². The highest BCUT2D eigenvalue weighted by Gasteiger charge is 2.18. The molecule has 0 fully saturated rings. The van der Waals surface area contributed by atoms with E-state index in [1.54, 1.807) is 30.3 Å². The fourth-order valence-corrected chi connectivity index (χ4v) is 3.39. The van der Waals surface area contributed by atoms with Gasteiger partial charge in [0.2, 0.25) is 0 Å². The topological polar surface area (TPSA) is 64.1 Å². The van der Waals surface area contributed by atoms with Crippen LogP contribution in [-0.4, -0.2) is 21.1 Å². The number of hydrogen-bond donors (Lipinski definition) is 1. The molecule has 124 valence electrons. The predicted molar refractivity (Wildman–Crippen MR) is 97.8 cm³/mol. The lowest BCUT2D eigenvalue weighted by molar-refractivity contribution is 0.00696. The Morgan fingerprint density at radius 3 is 2.50 bits per heavy atom. The Bertz CT molecular complexity index is 1020. The summed E-state index contributed by atoms with van der Waals surface area (Å²) in [4.78, 5) is 28.5. The van der Waals surface area contributed by atoms with E-state index in [0.29, 0.717) is 21.4 Å². The molecule has 1 N–H and O–H groups in total. The van der Waals surface area contributed by atoms with Gasteiger partial charge in [0.25, 0.3) is 5.56 Å². The number of H-pyrrole nitrogens is 1. The molecule has 3 rings (SSSR count). The van der Waals surface area contributed by atoms with Gasteiger partial charge in [-0.15, -0.1) is 11.3 Å². The van der Waals surface area contributed by atoms with Crippen molar-refractivity contribution in [2.24, 2.45) is 0 Å². The van der Waals surface area contributed by atoms with Crippen LogP contribution in [0.5, 0.6) is 0 Å². The summed E-state index contributed by atoms with van der Waals surface area (Å²) in [5.74, 6) is -0.403. The van der Waals surface area contributed by atoms with Crippen molar-refractivity contribution in [3.8, 4) is 5.69 Å². The van der Waals surface area contributed by atoms with Crippen LogP contribution in [-0.2, 0) is 4.74 Å². The van der Waals surface area contributed by atoms with E-state index in [-0.39, 0.29) is 5.56 Å². The van der Waals surface area contributed by atoms with Crippen LogP contribution in [0.3, 0.4) is 0 Å². The van der Waals surface area contributed by atoms with E-state index in [9.17, 15) is 9.59 Å². The van der Waals surface area contributed by atoms with Gasteiger partial charge in [-0.1, -0.05) is 0 Å². The van der Waals surface area contributed by atoms with Gasteiger partial charge in [0.1, 0.15) is 10.4 Å². The van der Waals surface area contributed by atoms with Crippen LogP contribution in [0.1, 0.15) is 31.1 Å². The Morgan fingerprint density at radius 2 is 1.88 bits per heavy atom. The summed E-state index contributed by atoms with van der Waals surface area (Å²) in [6.07, 6.45) is 0. The number of ether oxygens (including phenoxy) is 1. The SMILES string of the molecule is CC(C)(C)OC(=O)c1ccc(-n2c(=S)[nH]c3sccc3c2=O)cc1. The summed E-state index contributed by atoms with van der Waals surface area (Å²) in [5, 5.41) is 2.43. The number of fused-ring (bicyclic) bond motifs is 1. The van der Waals surface area contributed by atoms with Crippen molar-refractivity contribution in [3.63, 3.8) is 0 Å². The van der Waals surface area contributed by atoms with Crippen molar-refractivity contribution >= 4 is 39.7 Å². The van der Waals surface area contributed by atoms with Crippen molar-refractivity contribution in [2.75, 3.05) is 0 Å². The molecule has 0 saturated carbocycles. The van der Waals surface area contributed by atoms with Gasteiger partial charge >= 0.3 is 5.97 Å². The molecule has 2 aromatic heterocycles. The Morgan fingerprint density at radius 1 is 1.21 bits per heavy atom. The van der Waals surface area contributed by atoms with Gasteiger partial charge in [-0.25, -0.2) is 4.79 Å². The fourth-order valence-electron chi connectivity index (χ4n) is 2.26. The number of carbonyl (C=O) groups is 1. The largest absolute Gasteiger partial charge is 0.456 e. The molecule has 0 unspecified atom stereocenters. The molecule has 0 aliphatic rings. The number of nitrogens with one attached hydrogen (secondary N) is 1. The molecule has 5 nitrogen and oxygen atoms in total. The molecular weight excluding hydrogens is 344 g/mol. The lowest BCUT2D eigenvalue weighted by Gasteiger charge is -2.19. The molecule has 0 bridgehead atoms. The van der Waals surface area contributed by atoms with Gasteiger partial charge in [0, 0.05) is 0 Å². The minimum Gasteiger partial charge on any atom is -0.456 e. The maximum Gasteiger partial charge on any atom is 0.338 e. The number of aromatic nitrogens is 2. The second-order valence-corrected chi connectivity index (χ2v) is 7.59. The van der Waals surface area contributed by atoms with E-state index in [1.165, 1.54) is 15.9 Å². The molecule has 0 saturated heterocycles. The number of thiophene rings is 1. The van der Waals surface area contributed by atoms with Crippen LogP contribution in [0.4, 0.5) is 0 Å². The second-order valence-electron chi connectivity index (χ2n) is 6.28. The first-order valence-electron chi connectivity index (χ1n) is 7.32. The highest BCUT2D eigenvalue weighted by Crippen LogP contribution is 2.17. The molecule has 1 aromatic carbocycles. The minimum absolute atomic E-state index is 0.181. The van der Waals surface area contributed by atoms with Crippen molar-refractivity contribution < 1.29 is 9.53 Å². The lowest BCUT2D eigenvalue weighted by Crippen LogP contribution is -2.24. The van der Waals surface area contributed by atoms with Gasteiger partial charge < -0.3 is 9.72 Å². The van der Waals surface area contributed by atoms with Crippen molar-refractivity contribution in [1.29, 1.82) is 0 Å². The quantitative estimate of drug-likeness (QED) is 0.553. The molecule has 0 radical (unpaired) electrons. The molecule has 0 atom stereocenters. The lowest BCUT2D eigenvalue weighted by atomic mass is 10.1. The van der Waals surface area contributed by atoms with Gasteiger partial charge in [0.15, 0.2) is 4.77 Å². The first-order chi connectivity index (χ1) is 11.3. The minimum atomic E-state index is -0.556. The molecule has 0 aliphatic heterocycles. The van der Waals surface area contributed by atoms with Crippen LogP contribution in [0.15, 0.2) is 40.5 Å². The maximum atomic E-state index is 12.6. The normalized spacial score (nSPS) is 11.6. The number of esters is 1. The van der Waals surface area contributed by atoms with Crippen LogP contribution in [0.25, 0.3) is 15.9 Å². The van der Waals surface area contributed by atoms with E-state index >= 15 is 0 Å². The Hall–Kier alpha value is -2.25. The Kier molecular flexibility index (Phi) is 4.15. The maximum absolute atomic E-state index is 12.6. The first kappa shape index (κ1) is 16.6. The van der Waals surface area contributed by atoms with Gasteiger partial charge in [-0.2, -0.15) is 0 Å². The number of rotatable bonds is 2. The summed E-state index contributed by atoms with van der Waals surface area (Å²) < 4.78 is 7.07. The third-order valence-electron chi connectivity index (χ3n) is 3.28. The third kappa shape index (κ3) is 3.18. The smallest absolute Gasteiger partial charge is 0.338 e. The number of aromatic amines is 1. The summed E-state index contributed by atoms with van der Waals surface area (Å²) in [6.45, 7) is 5.44. The molecule has 0 aliphatic carbocycles. The zero-order valence-corrected chi connectivity index (χ0v) is 15.1. The van der Waals surface area contributed by atoms with E-state index in [0.717, 1.165) is 4.83 Å². The molecule has 0 spiro atoms. The predicted octanol–water partition coefficient (Wildman–Crippen LogP) is 4.07. The van der Waals surface area contributed by atoms with E-state index in [2.05, 4.69) is 4.98 Å². The third-order valence-corrected chi connectivity index (χ3v) is 4.40. The fraction of sp³-hybridized carbons (Fsp3) is 0.235. The monoisotopic (exact) mass is 360 g/mol. The average Bonchev–Trinajstić information content (AvgIpc) is 2.94. The summed E-state index contributed by atoms with van der Waals surface area (Å²) in [5.41, 5.74) is 0.286. The standard InChI is InChI=1S/C17H16N2O3S2/c1-17(2,3)22-15(21)10-4-6-11(7-5-10)19-14(20)12-8-9-24-13(12)18-16(19)23/h4-9H,1-3H3,(H,18,23). The molecule has 0 amide bonds. The Labute approximate surface area is 147 Å². The molecule has 2 heterocycles. The molecule has 3 aromatic rings. The molecule has 24 heavy (non-hydrogen) atoms. The van der Waals surface area contributed by atoms with Crippen molar-refractivity contribution in [1.82, 2.24) is 9.55 Å². The zero-order chi connectivity index (χ0) is 17.5. The Balaban J connectivity index is 2.02. The van der Waals surface area contributed by atoms with E-state index in [1.807, 2.05) is 26.2 Å². The second kappa shape index (κ2) is 5.99. The van der Waals surface area contributed by atoms with Crippen LogP contribution in [0, 0.1) is 4.77 Å². The van der Waals surface area contributed by atoms with E-state index < -0.39 is 11.6 Å². The van der Waals surface area contributed by atoms with Gasteiger partial charge in [-0.3, -0.25) is 9.36 Å². The first-order valence-corrected chi connectivity index (χ1v) is 8.61. The highest BCUT2D eigenvalue weighted by molar-refractivity contribution is 7.71. The molecular formula is C17H16N2O3S2. The van der Waals surface area contributed by atoms with Crippen molar-refractivity contribution in [2.45, 2.75) is 26.4 Å². The van der Waals surface area contributed by atoms with Crippen LogP contribution >= 0.6 is 23.6 Å². The van der Waals surface area contributed by atoms with Gasteiger partial charge in [0.05, 0.1) is 16.6 Å². The van der Waals surface area contributed by atoms with E-state index in [4.69, 9.17) is 17.0 Å². The molecule has 7 heteroatoms. The average molecular weight is 360 g/mol. The zero-order valence-electron chi connectivity index (χ0n) is 13.5. The number of nitrogens with zero attached hydrogens (tertiary/aromatic N) is 1. The van der Waals surface area contributed by atoms with Crippen LogP contribution < -0.4 is 5.56 Å². The number of benzene rings is 1. The summed E-state index contributed by atoms with van der Waals surface area (Å²) >= 11 is 6.73.